The van der Waals surface area contributed by atoms with Crippen molar-refractivity contribution in [2.24, 2.45) is 0 Å². The second-order valence-electron chi connectivity index (χ2n) is 2.96. The maximum absolute atomic E-state index is 12.6. The molecule has 0 N–H and O–H groups in total. The monoisotopic (exact) mass is 278 g/mol. The molecule has 0 aliphatic heterocycles. The Morgan fingerprint density at radius 2 is 2.07 bits per heavy atom. The van der Waals surface area contributed by atoms with Gasteiger partial charge in [0.05, 0.1) is 12.7 Å². The Morgan fingerprint density at radius 1 is 1.47 bits per heavy atom. The summed E-state index contributed by atoms with van der Waals surface area (Å²) in [4.78, 5) is 11.3. The lowest BCUT2D eigenvalue weighted by Crippen LogP contribution is -2.06. The van der Waals surface area contributed by atoms with Crippen molar-refractivity contribution in [3.8, 4) is 0 Å². The molecule has 0 saturated heterocycles. The summed E-state index contributed by atoms with van der Waals surface area (Å²) in [6, 6.07) is 2.76. The maximum Gasteiger partial charge on any atom is 0.338 e. The lowest BCUT2D eigenvalue weighted by Gasteiger charge is -2.10. The van der Waals surface area contributed by atoms with Gasteiger partial charge in [0.1, 0.15) is 0 Å². The minimum atomic E-state index is -2.61. The Labute approximate surface area is 94.4 Å². The second-order valence-corrected chi connectivity index (χ2v) is 3.88. The zero-order valence-electron chi connectivity index (χ0n) is 8.18. The summed E-state index contributed by atoms with van der Waals surface area (Å²) < 4.78 is 30.1. The Morgan fingerprint density at radius 3 is 2.53 bits per heavy atom. The molecule has 1 aromatic rings. The molecular weight excluding hydrogens is 270 g/mol. The van der Waals surface area contributed by atoms with Gasteiger partial charge in [0, 0.05) is 10.0 Å². The number of carbonyl (C=O) groups is 1. The molecule has 0 saturated carbocycles. The van der Waals surface area contributed by atoms with Crippen LogP contribution in [-0.4, -0.2) is 13.1 Å². The Balaban J connectivity index is 3.34. The molecule has 0 fully saturated rings. The number of carbonyl (C=O) groups excluding carboxylic acids is 1. The van der Waals surface area contributed by atoms with E-state index in [4.69, 9.17) is 0 Å². The number of hydrogen-bond acceptors (Lipinski definition) is 2. The highest BCUT2D eigenvalue weighted by Crippen LogP contribution is 2.29. The molecule has 0 heterocycles. The molecule has 0 spiro atoms. The average molecular weight is 279 g/mol. The topological polar surface area (TPSA) is 26.3 Å². The van der Waals surface area contributed by atoms with Crippen molar-refractivity contribution >= 4 is 21.9 Å². The van der Waals surface area contributed by atoms with E-state index in [0.29, 0.717) is 4.47 Å². The third kappa shape index (κ3) is 2.53. The molecule has 0 aromatic heterocycles. The van der Waals surface area contributed by atoms with Gasteiger partial charge in [0.2, 0.25) is 0 Å². The molecule has 2 nitrogen and oxygen atoms in total. The van der Waals surface area contributed by atoms with Gasteiger partial charge in [-0.15, -0.1) is 0 Å². The van der Waals surface area contributed by atoms with Crippen LogP contribution in [0.5, 0.6) is 0 Å². The predicted molar refractivity (Wildman–Crippen MR) is 55.2 cm³/mol. The van der Waals surface area contributed by atoms with Crippen molar-refractivity contribution in [1.82, 2.24) is 0 Å². The van der Waals surface area contributed by atoms with E-state index in [1.807, 2.05) is 0 Å². The number of esters is 1. The zero-order valence-corrected chi connectivity index (χ0v) is 9.77. The van der Waals surface area contributed by atoms with Crippen LogP contribution >= 0.6 is 15.9 Å². The molecular formula is C10H9BrF2O2. The third-order valence-corrected chi connectivity index (χ3v) is 2.51. The first-order chi connectivity index (χ1) is 6.97. The van der Waals surface area contributed by atoms with Gasteiger partial charge < -0.3 is 4.74 Å². The number of benzene rings is 1. The van der Waals surface area contributed by atoms with Crippen molar-refractivity contribution < 1.29 is 18.3 Å². The highest BCUT2D eigenvalue weighted by molar-refractivity contribution is 9.10. The number of alkyl halides is 2. The van der Waals surface area contributed by atoms with E-state index in [9.17, 15) is 13.6 Å². The van der Waals surface area contributed by atoms with E-state index in [0.717, 1.165) is 0 Å². The van der Waals surface area contributed by atoms with E-state index < -0.39 is 12.4 Å². The van der Waals surface area contributed by atoms with Gasteiger partial charge in [-0.2, -0.15) is 0 Å². The van der Waals surface area contributed by atoms with Gasteiger partial charge in [-0.05, 0) is 24.6 Å². The van der Waals surface area contributed by atoms with E-state index >= 15 is 0 Å². The van der Waals surface area contributed by atoms with Gasteiger partial charge in [-0.25, -0.2) is 13.6 Å². The van der Waals surface area contributed by atoms with Gasteiger partial charge >= 0.3 is 5.97 Å². The van der Waals surface area contributed by atoms with Crippen LogP contribution in [0, 0.1) is 6.92 Å². The zero-order chi connectivity index (χ0) is 11.6. The van der Waals surface area contributed by atoms with Crippen LogP contribution in [0.25, 0.3) is 0 Å². The van der Waals surface area contributed by atoms with E-state index in [2.05, 4.69) is 20.7 Å². The van der Waals surface area contributed by atoms with E-state index in [-0.39, 0.29) is 16.7 Å². The SMILES string of the molecule is COC(=O)c1cc(Br)cc(C(F)F)c1C. The molecule has 1 aromatic carbocycles. The quantitative estimate of drug-likeness (QED) is 0.775. The highest BCUT2D eigenvalue weighted by Gasteiger charge is 2.18. The first-order valence-corrected chi connectivity index (χ1v) is 4.93. The standard InChI is InChI=1S/C10H9BrF2O2/c1-5-7(9(12)13)3-6(11)4-8(5)10(14)15-2/h3-4,9H,1-2H3. The van der Waals surface area contributed by atoms with Crippen LogP contribution in [0.4, 0.5) is 8.78 Å². The van der Waals surface area contributed by atoms with Gasteiger partial charge in [0.25, 0.3) is 6.43 Å². The fraction of sp³-hybridized carbons (Fsp3) is 0.300. The van der Waals surface area contributed by atoms with Crippen LogP contribution in [0.1, 0.15) is 27.9 Å². The molecule has 0 atom stereocenters. The molecule has 82 valence electrons. The van der Waals surface area contributed by atoms with E-state index in [1.165, 1.54) is 26.2 Å². The van der Waals surface area contributed by atoms with Gasteiger partial charge in [-0.1, -0.05) is 15.9 Å². The smallest absolute Gasteiger partial charge is 0.338 e. The first kappa shape index (κ1) is 12.1. The number of rotatable bonds is 2. The maximum atomic E-state index is 12.6. The molecule has 0 bridgehead atoms. The van der Waals surface area contributed by atoms with Crippen molar-refractivity contribution in [3.63, 3.8) is 0 Å². The summed E-state index contributed by atoms with van der Waals surface area (Å²) >= 11 is 3.07. The van der Waals surface area contributed by atoms with Crippen molar-refractivity contribution in [1.29, 1.82) is 0 Å². The van der Waals surface area contributed by atoms with Gasteiger partial charge in [0.15, 0.2) is 0 Å². The first-order valence-electron chi connectivity index (χ1n) is 4.14. The molecule has 1 rings (SSSR count). The largest absolute Gasteiger partial charge is 0.465 e. The number of hydrogen-bond donors (Lipinski definition) is 0. The van der Waals surface area contributed by atoms with Crippen molar-refractivity contribution in [2.75, 3.05) is 7.11 Å². The number of halogens is 3. The summed E-state index contributed by atoms with van der Waals surface area (Å²) in [6.45, 7) is 1.47. The molecule has 0 radical (unpaired) electrons. The van der Waals surface area contributed by atoms with E-state index in [1.54, 1.807) is 0 Å². The Hall–Kier alpha value is -0.970. The van der Waals surface area contributed by atoms with Crippen LogP contribution in [0.3, 0.4) is 0 Å². The fourth-order valence-electron chi connectivity index (χ4n) is 1.25. The summed E-state index contributed by atoms with van der Waals surface area (Å²) in [6.07, 6.45) is -2.61. The molecule has 5 heteroatoms. The summed E-state index contributed by atoms with van der Waals surface area (Å²) in [7, 11) is 1.21. The summed E-state index contributed by atoms with van der Waals surface area (Å²) in [5.74, 6) is -0.615. The lowest BCUT2D eigenvalue weighted by molar-refractivity contribution is 0.0599. The summed E-state index contributed by atoms with van der Waals surface area (Å²) in [5.41, 5.74) is 0.243. The average Bonchev–Trinajstić information content (AvgIpc) is 2.19. The van der Waals surface area contributed by atoms with Crippen LogP contribution < -0.4 is 0 Å². The minimum Gasteiger partial charge on any atom is -0.465 e. The van der Waals surface area contributed by atoms with Crippen molar-refractivity contribution in [2.45, 2.75) is 13.3 Å². The van der Waals surface area contributed by atoms with Crippen molar-refractivity contribution in [3.05, 3.63) is 33.3 Å². The molecule has 0 aliphatic rings. The molecule has 0 amide bonds. The third-order valence-electron chi connectivity index (χ3n) is 2.05. The predicted octanol–water partition coefficient (Wildman–Crippen LogP) is 3.48. The fourth-order valence-corrected chi connectivity index (χ4v) is 1.72. The molecule has 15 heavy (non-hydrogen) atoms. The number of ether oxygens (including phenoxy) is 1. The number of methoxy groups -OCH3 is 1. The second kappa shape index (κ2) is 4.70. The normalized spacial score (nSPS) is 10.5. The highest BCUT2D eigenvalue weighted by atomic mass is 79.9. The summed E-state index contributed by atoms with van der Waals surface area (Å²) in [5, 5.41) is 0. The van der Waals surface area contributed by atoms with Crippen LogP contribution in [-0.2, 0) is 4.74 Å². The van der Waals surface area contributed by atoms with Crippen LogP contribution in [0.2, 0.25) is 0 Å². The Bertz CT molecular complexity index is 391. The molecule has 0 aliphatic carbocycles. The van der Waals surface area contributed by atoms with Gasteiger partial charge in [-0.3, -0.25) is 0 Å². The Kier molecular flexibility index (Phi) is 3.79. The van der Waals surface area contributed by atoms with Crippen LogP contribution in [0.15, 0.2) is 16.6 Å². The molecule has 0 unspecified atom stereocenters. The minimum absolute atomic E-state index is 0.155. The lowest BCUT2D eigenvalue weighted by atomic mass is 10.0.